The molecule has 0 atom stereocenters. The number of halogens is 4. The van der Waals surface area contributed by atoms with E-state index in [9.17, 15) is 13.2 Å². The van der Waals surface area contributed by atoms with Gasteiger partial charge >= 0.3 is 6.18 Å². The Bertz CT molecular complexity index is 472. The van der Waals surface area contributed by atoms with E-state index in [1.165, 1.54) is 18.6 Å². The first-order chi connectivity index (χ1) is 6.48. The molecule has 0 aliphatic heterocycles. The van der Waals surface area contributed by atoms with Crippen LogP contribution in [-0.2, 0) is 6.18 Å². The fourth-order valence-corrected chi connectivity index (χ4v) is 1.79. The van der Waals surface area contributed by atoms with Crippen LogP contribution >= 0.6 is 15.9 Å². The van der Waals surface area contributed by atoms with E-state index < -0.39 is 11.7 Å². The summed E-state index contributed by atoms with van der Waals surface area (Å²) >= 11 is 2.88. The highest BCUT2D eigenvalue weighted by molar-refractivity contribution is 9.10. The van der Waals surface area contributed by atoms with Crippen molar-refractivity contribution in [1.29, 1.82) is 0 Å². The largest absolute Gasteiger partial charge is 0.471 e. The lowest BCUT2D eigenvalue weighted by Crippen LogP contribution is -2.05. The molecule has 0 saturated heterocycles. The predicted molar refractivity (Wildman–Crippen MR) is 48.9 cm³/mol. The monoisotopic (exact) mass is 264 g/mol. The van der Waals surface area contributed by atoms with Crippen molar-refractivity contribution in [3.8, 4) is 0 Å². The molecular formula is C9H4BrF3O. The summed E-state index contributed by atoms with van der Waals surface area (Å²) in [6, 6.07) is 2.45. The Morgan fingerprint density at radius 2 is 1.64 bits per heavy atom. The zero-order valence-corrected chi connectivity index (χ0v) is 8.32. The molecule has 0 spiro atoms. The third-order valence-electron chi connectivity index (χ3n) is 1.87. The summed E-state index contributed by atoms with van der Waals surface area (Å²) in [5.74, 6) is 0. The molecule has 0 saturated carbocycles. The molecule has 0 radical (unpaired) electrons. The number of hydrogen-bond acceptors (Lipinski definition) is 1. The minimum Gasteiger partial charge on any atom is -0.471 e. The van der Waals surface area contributed by atoms with Crippen LogP contribution in [0.15, 0.2) is 33.5 Å². The number of fused-ring (bicyclic) bond motifs is 1. The Labute approximate surface area is 85.6 Å². The highest BCUT2D eigenvalue weighted by Gasteiger charge is 2.33. The molecule has 2 aromatic rings. The molecule has 0 N–H and O–H groups in total. The SMILES string of the molecule is FC(F)(F)c1cc2cocc2cc1Br. The van der Waals surface area contributed by atoms with E-state index in [2.05, 4.69) is 15.9 Å². The highest BCUT2D eigenvalue weighted by atomic mass is 79.9. The van der Waals surface area contributed by atoms with Crippen LogP contribution in [0.4, 0.5) is 13.2 Å². The van der Waals surface area contributed by atoms with Crippen LogP contribution in [0.25, 0.3) is 10.8 Å². The molecule has 1 aromatic heterocycles. The van der Waals surface area contributed by atoms with Crippen LogP contribution in [0.3, 0.4) is 0 Å². The number of hydrogen-bond donors (Lipinski definition) is 0. The summed E-state index contributed by atoms with van der Waals surface area (Å²) in [4.78, 5) is 0. The highest BCUT2D eigenvalue weighted by Crippen LogP contribution is 2.37. The molecule has 2 rings (SSSR count). The summed E-state index contributed by atoms with van der Waals surface area (Å²) in [5, 5.41) is 1.09. The number of furan rings is 1. The normalized spacial score (nSPS) is 12.3. The van der Waals surface area contributed by atoms with Gasteiger partial charge in [-0.05, 0) is 12.1 Å². The summed E-state index contributed by atoms with van der Waals surface area (Å²) in [5.41, 5.74) is -0.689. The topological polar surface area (TPSA) is 13.1 Å². The Morgan fingerprint density at radius 3 is 2.21 bits per heavy atom. The van der Waals surface area contributed by atoms with E-state index >= 15 is 0 Å². The van der Waals surface area contributed by atoms with E-state index in [1.807, 2.05) is 0 Å². The van der Waals surface area contributed by atoms with Crippen LogP contribution in [0.1, 0.15) is 5.56 Å². The van der Waals surface area contributed by atoms with Gasteiger partial charge in [-0.1, -0.05) is 15.9 Å². The van der Waals surface area contributed by atoms with Crippen LogP contribution in [0.2, 0.25) is 0 Å². The molecule has 1 nitrogen and oxygen atoms in total. The molecule has 0 aliphatic carbocycles. The molecule has 0 bridgehead atoms. The Balaban J connectivity index is 2.71. The number of alkyl halides is 3. The van der Waals surface area contributed by atoms with Crippen molar-refractivity contribution >= 4 is 26.7 Å². The standard InChI is InChI=1S/C9H4BrF3O/c10-8-2-6-4-14-3-5(6)1-7(8)9(11,12)13/h1-4H. The van der Waals surface area contributed by atoms with Gasteiger partial charge in [-0.3, -0.25) is 0 Å². The average molecular weight is 265 g/mol. The second kappa shape index (κ2) is 3.02. The van der Waals surface area contributed by atoms with Crippen LogP contribution in [-0.4, -0.2) is 0 Å². The molecule has 0 unspecified atom stereocenters. The third-order valence-corrected chi connectivity index (χ3v) is 2.52. The molecule has 1 heterocycles. The second-order valence-corrected chi connectivity index (χ2v) is 3.68. The van der Waals surface area contributed by atoms with Gasteiger partial charge in [0, 0.05) is 15.2 Å². The van der Waals surface area contributed by atoms with Gasteiger partial charge in [-0.2, -0.15) is 13.2 Å². The van der Waals surface area contributed by atoms with Crippen LogP contribution < -0.4 is 0 Å². The molecule has 14 heavy (non-hydrogen) atoms. The third kappa shape index (κ3) is 1.52. The maximum absolute atomic E-state index is 12.4. The molecule has 0 fully saturated rings. The van der Waals surface area contributed by atoms with E-state index in [1.54, 1.807) is 0 Å². The van der Waals surface area contributed by atoms with E-state index in [0.29, 0.717) is 10.8 Å². The van der Waals surface area contributed by atoms with Crippen molar-refractivity contribution in [2.24, 2.45) is 0 Å². The van der Waals surface area contributed by atoms with Crippen molar-refractivity contribution in [1.82, 2.24) is 0 Å². The van der Waals surface area contributed by atoms with Crippen molar-refractivity contribution in [3.63, 3.8) is 0 Å². The first-order valence-electron chi connectivity index (χ1n) is 3.71. The van der Waals surface area contributed by atoms with Crippen molar-refractivity contribution in [2.75, 3.05) is 0 Å². The summed E-state index contributed by atoms with van der Waals surface area (Å²) < 4.78 is 42.1. The minimum absolute atomic E-state index is 0.0268. The first-order valence-corrected chi connectivity index (χ1v) is 4.50. The van der Waals surface area contributed by atoms with Crippen molar-refractivity contribution < 1.29 is 17.6 Å². The van der Waals surface area contributed by atoms with Crippen LogP contribution in [0.5, 0.6) is 0 Å². The Morgan fingerprint density at radius 1 is 1.07 bits per heavy atom. The number of rotatable bonds is 0. The average Bonchev–Trinajstić information content (AvgIpc) is 2.47. The molecule has 1 aromatic carbocycles. The zero-order valence-electron chi connectivity index (χ0n) is 6.73. The first kappa shape index (κ1) is 9.58. The van der Waals surface area contributed by atoms with E-state index in [-0.39, 0.29) is 4.47 Å². The van der Waals surface area contributed by atoms with Gasteiger partial charge in [-0.25, -0.2) is 0 Å². The molecule has 5 heteroatoms. The molecule has 74 valence electrons. The van der Waals surface area contributed by atoms with Gasteiger partial charge in [0.1, 0.15) is 0 Å². The molecule has 0 aliphatic rings. The molecule has 0 amide bonds. The summed E-state index contributed by atoms with van der Waals surface area (Å²) in [6.45, 7) is 0. The van der Waals surface area contributed by atoms with Crippen LogP contribution in [0, 0.1) is 0 Å². The molecular weight excluding hydrogens is 261 g/mol. The van der Waals surface area contributed by atoms with Crippen molar-refractivity contribution in [3.05, 3.63) is 34.7 Å². The smallest absolute Gasteiger partial charge is 0.417 e. The number of benzene rings is 1. The maximum Gasteiger partial charge on any atom is 0.417 e. The quantitative estimate of drug-likeness (QED) is 0.695. The van der Waals surface area contributed by atoms with Gasteiger partial charge in [0.05, 0.1) is 18.1 Å². The summed E-state index contributed by atoms with van der Waals surface area (Å²) in [7, 11) is 0. The second-order valence-electron chi connectivity index (χ2n) is 2.83. The lowest BCUT2D eigenvalue weighted by atomic mass is 10.1. The van der Waals surface area contributed by atoms with E-state index in [0.717, 1.165) is 6.07 Å². The predicted octanol–water partition coefficient (Wildman–Crippen LogP) is 4.21. The Hall–Kier alpha value is -0.970. The van der Waals surface area contributed by atoms with Gasteiger partial charge in [-0.15, -0.1) is 0 Å². The maximum atomic E-state index is 12.4. The fourth-order valence-electron chi connectivity index (χ4n) is 1.21. The lowest BCUT2D eigenvalue weighted by Gasteiger charge is -2.08. The fraction of sp³-hybridized carbons (Fsp3) is 0.111. The Kier molecular flexibility index (Phi) is 2.06. The van der Waals surface area contributed by atoms with Gasteiger partial charge in [0.15, 0.2) is 0 Å². The minimum atomic E-state index is -4.34. The van der Waals surface area contributed by atoms with Crippen molar-refractivity contribution in [2.45, 2.75) is 6.18 Å². The van der Waals surface area contributed by atoms with Gasteiger partial charge in [0.25, 0.3) is 0 Å². The van der Waals surface area contributed by atoms with E-state index in [4.69, 9.17) is 4.42 Å². The van der Waals surface area contributed by atoms with Gasteiger partial charge in [0.2, 0.25) is 0 Å². The summed E-state index contributed by atoms with van der Waals surface area (Å²) in [6.07, 6.45) is -1.65. The lowest BCUT2D eigenvalue weighted by molar-refractivity contribution is -0.138. The van der Waals surface area contributed by atoms with Gasteiger partial charge < -0.3 is 4.42 Å². The zero-order chi connectivity index (χ0) is 10.3.